The van der Waals surface area contributed by atoms with Crippen LogP contribution in [0.4, 0.5) is 0 Å². The Morgan fingerprint density at radius 3 is 2.27 bits per heavy atom. The smallest absolute Gasteiger partial charge is 0.309 e. The Morgan fingerprint density at radius 1 is 1.55 bits per heavy atom. The molecule has 3 heteroatoms. The lowest BCUT2D eigenvalue weighted by Gasteiger charge is -2.70. The van der Waals surface area contributed by atoms with Crippen molar-refractivity contribution in [3.63, 3.8) is 0 Å². The molecule has 3 saturated carbocycles. The van der Waals surface area contributed by atoms with Crippen molar-refractivity contribution in [2.75, 3.05) is 0 Å². The molecule has 1 unspecified atom stereocenters. The van der Waals surface area contributed by atoms with Gasteiger partial charge in [-0.05, 0) is 31.6 Å². The van der Waals surface area contributed by atoms with Crippen molar-refractivity contribution in [1.82, 2.24) is 0 Å². The third-order valence-corrected chi connectivity index (χ3v) is 3.49. The molecule has 0 aromatic rings. The molecule has 3 aliphatic carbocycles. The molecule has 0 aromatic carbocycles. The number of carbonyl (C=O) groups is 1. The summed E-state index contributed by atoms with van der Waals surface area (Å²) in [6, 6.07) is 0.170. The van der Waals surface area contributed by atoms with Crippen molar-refractivity contribution in [3.05, 3.63) is 0 Å². The molecule has 3 rings (SSSR count). The van der Waals surface area contributed by atoms with Crippen molar-refractivity contribution in [2.45, 2.75) is 32.2 Å². The van der Waals surface area contributed by atoms with Crippen molar-refractivity contribution < 1.29 is 9.90 Å². The summed E-state index contributed by atoms with van der Waals surface area (Å²) >= 11 is 0. The van der Waals surface area contributed by atoms with Crippen molar-refractivity contribution in [3.8, 4) is 0 Å². The summed E-state index contributed by atoms with van der Waals surface area (Å²) in [5.41, 5.74) is 5.59. The van der Waals surface area contributed by atoms with E-state index in [0.29, 0.717) is 0 Å². The van der Waals surface area contributed by atoms with Crippen LogP contribution in [0.5, 0.6) is 0 Å². The van der Waals surface area contributed by atoms with Gasteiger partial charge in [0.15, 0.2) is 0 Å². The van der Waals surface area contributed by atoms with Gasteiger partial charge >= 0.3 is 5.97 Å². The standard InChI is InChI=1S/C8H13NO2/c1-5(9)7-2-8(3-7,4-7)6(10)11/h5H,2-4,9H2,1H3,(H,10,11). The molecule has 0 radical (unpaired) electrons. The Bertz CT molecular complexity index is 202. The van der Waals surface area contributed by atoms with Crippen LogP contribution in [0.25, 0.3) is 0 Å². The maximum Gasteiger partial charge on any atom is 0.309 e. The lowest BCUT2D eigenvalue weighted by atomic mass is 9.33. The molecule has 3 nitrogen and oxygen atoms in total. The fourth-order valence-corrected chi connectivity index (χ4v) is 2.58. The van der Waals surface area contributed by atoms with E-state index >= 15 is 0 Å². The first kappa shape index (κ1) is 7.10. The van der Waals surface area contributed by atoms with Gasteiger partial charge in [0.1, 0.15) is 0 Å². The van der Waals surface area contributed by atoms with E-state index in [9.17, 15) is 4.79 Å². The molecule has 3 aliphatic rings. The minimum absolute atomic E-state index is 0.170. The quantitative estimate of drug-likeness (QED) is 0.613. The van der Waals surface area contributed by atoms with E-state index in [4.69, 9.17) is 10.8 Å². The van der Waals surface area contributed by atoms with E-state index < -0.39 is 5.97 Å². The highest BCUT2D eigenvalue weighted by molar-refractivity contribution is 5.79. The van der Waals surface area contributed by atoms with E-state index in [0.717, 1.165) is 19.3 Å². The fraction of sp³-hybridized carbons (Fsp3) is 0.875. The van der Waals surface area contributed by atoms with E-state index in [2.05, 4.69) is 0 Å². The van der Waals surface area contributed by atoms with Gasteiger partial charge in [0.05, 0.1) is 5.41 Å². The highest BCUT2D eigenvalue weighted by atomic mass is 16.4. The third-order valence-electron chi connectivity index (χ3n) is 3.49. The van der Waals surface area contributed by atoms with Gasteiger partial charge in [-0.25, -0.2) is 0 Å². The summed E-state index contributed by atoms with van der Waals surface area (Å²) in [7, 11) is 0. The first-order valence-electron chi connectivity index (χ1n) is 4.00. The number of nitrogens with two attached hydrogens (primary N) is 1. The van der Waals surface area contributed by atoms with Gasteiger partial charge in [0, 0.05) is 6.04 Å². The van der Waals surface area contributed by atoms with E-state index in [1.807, 2.05) is 6.92 Å². The number of carboxylic acid groups (broad SMARTS) is 1. The van der Waals surface area contributed by atoms with Gasteiger partial charge in [-0.1, -0.05) is 0 Å². The zero-order valence-corrected chi connectivity index (χ0v) is 6.63. The predicted octanol–water partition coefficient (Wildman–Crippen LogP) is 0.588. The van der Waals surface area contributed by atoms with Crippen LogP contribution in [0.2, 0.25) is 0 Å². The lowest BCUT2D eigenvalue weighted by molar-refractivity contribution is -0.228. The van der Waals surface area contributed by atoms with E-state index in [-0.39, 0.29) is 16.9 Å². The average molecular weight is 155 g/mol. The second-order valence-electron chi connectivity index (χ2n) is 4.27. The summed E-state index contributed by atoms with van der Waals surface area (Å²) in [5.74, 6) is -0.625. The SMILES string of the molecule is CC(N)C12CC(C(=O)O)(C1)C2. The maximum atomic E-state index is 10.7. The summed E-state index contributed by atoms with van der Waals surface area (Å²) in [6.07, 6.45) is 2.44. The first-order chi connectivity index (χ1) is 5.01. The van der Waals surface area contributed by atoms with Crippen LogP contribution >= 0.6 is 0 Å². The molecule has 0 aliphatic heterocycles. The van der Waals surface area contributed by atoms with Crippen LogP contribution in [0.3, 0.4) is 0 Å². The first-order valence-corrected chi connectivity index (χ1v) is 4.00. The second-order valence-corrected chi connectivity index (χ2v) is 4.27. The summed E-state index contributed by atoms with van der Waals surface area (Å²) in [6.45, 7) is 1.98. The minimum atomic E-state index is -0.625. The third kappa shape index (κ3) is 0.601. The fourth-order valence-electron chi connectivity index (χ4n) is 2.58. The van der Waals surface area contributed by atoms with Crippen LogP contribution in [-0.4, -0.2) is 17.1 Å². The number of aliphatic carboxylic acids is 1. The molecular weight excluding hydrogens is 142 g/mol. The topological polar surface area (TPSA) is 63.3 Å². The highest BCUT2D eigenvalue weighted by Gasteiger charge is 2.72. The van der Waals surface area contributed by atoms with Crippen LogP contribution in [0, 0.1) is 10.8 Å². The zero-order chi connectivity index (χ0) is 8.28. The Morgan fingerprint density at radius 2 is 2.00 bits per heavy atom. The Hall–Kier alpha value is -0.570. The Balaban J connectivity index is 2.04. The molecule has 3 fully saturated rings. The maximum absolute atomic E-state index is 10.7. The number of hydrogen-bond acceptors (Lipinski definition) is 2. The number of hydrogen-bond donors (Lipinski definition) is 2. The number of rotatable bonds is 2. The highest BCUT2D eigenvalue weighted by Crippen LogP contribution is 2.74. The molecule has 2 bridgehead atoms. The zero-order valence-electron chi connectivity index (χ0n) is 6.63. The largest absolute Gasteiger partial charge is 0.481 e. The molecule has 62 valence electrons. The van der Waals surface area contributed by atoms with Gasteiger partial charge in [-0.2, -0.15) is 0 Å². The molecule has 11 heavy (non-hydrogen) atoms. The molecule has 0 saturated heterocycles. The van der Waals surface area contributed by atoms with E-state index in [1.54, 1.807) is 0 Å². The summed E-state index contributed by atoms with van der Waals surface area (Å²) < 4.78 is 0. The molecule has 0 heterocycles. The van der Waals surface area contributed by atoms with Crippen LogP contribution in [0.1, 0.15) is 26.2 Å². The Kier molecular flexibility index (Phi) is 1.04. The molecule has 1 atom stereocenters. The van der Waals surface area contributed by atoms with Gasteiger partial charge < -0.3 is 10.8 Å². The number of carboxylic acids is 1. The molecule has 0 spiro atoms. The van der Waals surface area contributed by atoms with Crippen LogP contribution in [-0.2, 0) is 4.79 Å². The monoisotopic (exact) mass is 155 g/mol. The molecule has 0 amide bonds. The molecule has 0 aromatic heterocycles. The van der Waals surface area contributed by atoms with Crippen molar-refractivity contribution in [1.29, 1.82) is 0 Å². The molecular formula is C8H13NO2. The van der Waals surface area contributed by atoms with Gasteiger partial charge in [-0.3, -0.25) is 4.79 Å². The van der Waals surface area contributed by atoms with Crippen LogP contribution < -0.4 is 5.73 Å². The average Bonchev–Trinajstić information content (AvgIpc) is 1.51. The van der Waals surface area contributed by atoms with Gasteiger partial charge in [0.2, 0.25) is 0 Å². The lowest BCUT2D eigenvalue weighted by Crippen LogP contribution is -2.70. The normalized spacial score (nSPS) is 48.9. The van der Waals surface area contributed by atoms with Crippen LogP contribution in [0.15, 0.2) is 0 Å². The van der Waals surface area contributed by atoms with Crippen molar-refractivity contribution in [2.24, 2.45) is 16.6 Å². The Labute approximate surface area is 65.6 Å². The van der Waals surface area contributed by atoms with Gasteiger partial charge in [0.25, 0.3) is 0 Å². The van der Waals surface area contributed by atoms with Crippen molar-refractivity contribution >= 4 is 5.97 Å². The summed E-state index contributed by atoms with van der Waals surface area (Å²) in [5, 5.41) is 8.79. The second kappa shape index (κ2) is 1.61. The van der Waals surface area contributed by atoms with E-state index in [1.165, 1.54) is 0 Å². The summed E-state index contributed by atoms with van der Waals surface area (Å²) in [4.78, 5) is 10.7. The molecule has 3 N–H and O–H groups in total. The van der Waals surface area contributed by atoms with Gasteiger partial charge in [-0.15, -0.1) is 0 Å². The predicted molar refractivity (Wildman–Crippen MR) is 40.0 cm³/mol. The minimum Gasteiger partial charge on any atom is -0.481 e.